The first-order valence-corrected chi connectivity index (χ1v) is 13.7. The fraction of sp³-hybridized carbons (Fsp3) is 0.462. The Kier molecular flexibility index (Phi) is 10.8. The van der Waals surface area contributed by atoms with E-state index in [-0.39, 0.29) is 25.7 Å². The molecule has 2 aromatic rings. The Balaban J connectivity index is 1.96. The van der Waals surface area contributed by atoms with Crippen molar-refractivity contribution in [3.05, 3.63) is 71.8 Å². The summed E-state index contributed by atoms with van der Waals surface area (Å²) in [5.74, 6) is -0.894. The molecule has 0 spiro atoms. The number of amides is 1. The van der Waals surface area contributed by atoms with E-state index < -0.39 is 50.2 Å². The van der Waals surface area contributed by atoms with Crippen molar-refractivity contribution in [3.8, 4) is 0 Å². The molecule has 0 bridgehead atoms. The number of hydrogen-bond donors (Lipinski definition) is 2. The molecule has 10 nitrogen and oxygen atoms in total. The summed E-state index contributed by atoms with van der Waals surface area (Å²) in [6, 6.07) is 18.0. The van der Waals surface area contributed by atoms with Crippen LogP contribution in [-0.4, -0.2) is 67.1 Å². The maximum absolute atomic E-state index is 12.5. The molecule has 1 heterocycles. The van der Waals surface area contributed by atoms with Crippen LogP contribution in [0.2, 0.25) is 0 Å². The first-order chi connectivity index (χ1) is 17.7. The number of carbonyl (C=O) groups excluding carboxylic acids is 2. The van der Waals surface area contributed by atoms with Crippen LogP contribution < -0.4 is 5.32 Å². The molecule has 202 valence electrons. The monoisotopic (exact) mass is 535 g/mol. The number of hydrogen-bond acceptors (Lipinski definition) is 8. The van der Waals surface area contributed by atoms with Crippen molar-refractivity contribution in [3.63, 3.8) is 0 Å². The second-order valence-corrected chi connectivity index (χ2v) is 10.8. The molecule has 1 saturated heterocycles. The third-order valence-corrected chi connectivity index (χ3v) is 7.27. The van der Waals surface area contributed by atoms with Gasteiger partial charge in [-0.2, -0.15) is 0 Å². The molecular formula is C26H34NO9P. The summed E-state index contributed by atoms with van der Waals surface area (Å²) in [6.45, 7) is 2.82. The van der Waals surface area contributed by atoms with Crippen LogP contribution in [-0.2, 0) is 50.8 Å². The van der Waals surface area contributed by atoms with Gasteiger partial charge in [0.2, 0.25) is 5.91 Å². The number of nitrogens with one attached hydrogen (secondary N) is 1. The smallest absolute Gasteiger partial charge is 0.330 e. The predicted octanol–water partition coefficient (Wildman–Crippen LogP) is 2.82. The van der Waals surface area contributed by atoms with Gasteiger partial charge in [0.15, 0.2) is 0 Å². The number of carbonyl (C=O) groups is 2. The van der Waals surface area contributed by atoms with E-state index in [1.165, 1.54) is 13.8 Å². The third-order valence-electron chi connectivity index (χ3n) is 5.88. The molecule has 3 rings (SSSR count). The van der Waals surface area contributed by atoms with Crippen LogP contribution in [0.4, 0.5) is 0 Å². The Bertz CT molecular complexity index is 1050. The molecule has 1 aliphatic heterocycles. The zero-order valence-corrected chi connectivity index (χ0v) is 22.0. The van der Waals surface area contributed by atoms with Crippen LogP contribution in [0.25, 0.3) is 0 Å². The first kappa shape index (κ1) is 29.0. The van der Waals surface area contributed by atoms with Crippen molar-refractivity contribution < 1.29 is 42.5 Å². The molecule has 0 aliphatic carbocycles. The summed E-state index contributed by atoms with van der Waals surface area (Å²) in [6.07, 6.45) is -3.86. The van der Waals surface area contributed by atoms with Gasteiger partial charge in [-0.15, -0.1) is 0 Å². The lowest BCUT2D eigenvalue weighted by Crippen LogP contribution is -2.66. The Labute approximate surface area is 216 Å². The molecule has 1 aliphatic rings. The second-order valence-electron chi connectivity index (χ2n) is 8.77. The van der Waals surface area contributed by atoms with Crippen molar-refractivity contribution in [1.82, 2.24) is 5.32 Å². The van der Waals surface area contributed by atoms with Crippen molar-refractivity contribution in [2.45, 2.75) is 57.5 Å². The van der Waals surface area contributed by atoms with E-state index in [1.807, 2.05) is 60.7 Å². The number of esters is 1. The lowest BCUT2D eigenvalue weighted by molar-refractivity contribution is -0.227. The standard InChI is InChI=1S/C26H34NO9P/c1-18(28)27-24-23(17-37(30,31)32-3)36-22(16-33-19(2)29)25(34-14-20-10-6-4-7-11-20)26(24)35-15-21-12-8-5-9-13-21/h4-13,22-26H,14-17H2,1-3H3,(H,27,28)(H,30,31)/t22?,23-,24?,25-,26?/m1/s1. The summed E-state index contributed by atoms with van der Waals surface area (Å²) in [7, 11) is -2.93. The molecule has 1 fully saturated rings. The Morgan fingerprint density at radius 3 is 1.95 bits per heavy atom. The molecule has 2 aromatic carbocycles. The van der Waals surface area contributed by atoms with Gasteiger partial charge in [-0.05, 0) is 11.1 Å². The number of benzene rings is 2. The van der Waals surface area contributed by atoms with E-state index in [4.69, 9.17) is 23.5 Å². The highest BCUT2D eigenvalue weighted by atomic mass is 31.2. The minimum Gasteiger partial charge on any atom is -0.463 e. The average Bonchev–Trinajstić information content (AvgIpc) is 2.87. The van der Waals surface area contributed by atoms with Gasteiger partial charge < -0.3 is 33.7 Å². The van der Waals surface area contributed by atoms with Crippen molar-refractivity contribution in [1.29, 1.82) is 0 Å². The Morgan fingerprint density at radius 1 is 0.919 bits per heavy atom. The minimum atomic E-state index is -4.05. The SMILES string of the molecule is COP(=O)(O)C[C@H]1OC(COC(C)=O)[C@@H](OCc2ccccc2)C(OCc2ccccc2)C1NC(C)=O. The molecule has 0 radical (unpaired) electrons. The van der Waals surface area contributed by atoms with Crippen LogP contribution >= 0.6 is 7.60 Å². The maximum Gasteiger partial charge on any atom is 0.330 e. The highest BCUT2D eigenvalue weighted by molar-refractivity contribution is 7.52. The van der Waals surface area contributed by atoms with E-state index in [1.54, 1.807) is 0 Å². The summed E-state index contributed by atoms with van der Waals surface area (Å²) in [5, 5.41) is 2.81. The number of ether oxygens (including phenoxy) is 4. The topological polar surface area (TPSA) is 130 Å². The van der Waals surface area contributed by atoms with Gasteiger partial charge in [0, 0.05) is 21.0 Å². The molecule has 6 atom stereocenters. The molecule has 0 saturated carbocycles. The van der Waals surface area contributed by atoms with Crippen LogP contribution in [0.5, 0.6) is 0 Å². The van der Waals surface area contributed by atoms with E-state index >= 15 is 0 Å². The van der Waals surface area contributed by atoms with Gasteiger partial charge >= 0.3 is 13.6 Å². The molecular weight excluding hydrogens is 501 g/mol. The van der Waals surface area contributed by atoms with Crippen LogP contribution in [0.1, 0.15) is 25.0 Å². The normalized spacial score (nSPS) is 25.1. The van der Waals surface area contributed by atoms with Gasteiger partial charge in [0.05, 0.1) is 31.5 Å². The summed E-state index contributed by atoms with van der Waals surface area (Å²) in [4.78, 5) is 34.0. The zero-order valence-electron chi connectivity index (χ0n) is 21.1. The lowest BCUT2D eigenvalue weighted by atomic mass is 9.92. The molecule has 2 N–H and O–H groups in total. The molecule has 37 heavy (non-hydrogen) atoms. The largest absolute Gasteiger partial charge is 0.463 e. The summed E-state index contributed by atoms with van der Waals surface area (Å²) < 4.78 is 41.3. The first-order valence-electron chi connectivity index (χ1n) is 11.9. The number of rotatable bonds is 12. The fourth-order valence-electron chi connectivity index (χ4n) is 4.15. The zero-order chi connectivity index (χ0) is 26.8. The van der Waals surface area contributed by atoms with Crippen molar-refractivity contribution >= 4 is 19.5 Å². The van der Waals surface area contributed by atoms with E-state index in [0.717, 1.165) is 18.2 Å². The van der Waals surface area contributed by atoms with E-state index in [2.05, 4.69) is 5.32 Å². The van der Waals surface area contributed by atoms with E-state index in [0.29, 0.717) is 0 Å². The molecule has 0 aromatic heterocycles. The van der Waals surface area contributed by atoms with Crippen LogP contribution in [0.15, 0.2) is 60.7 Å². The molecule has 1 amide bonds. The van der Waals surface area contributed by atoms with Gasteiger partial charge in [-0.25, -0.2) is 0 Å². The predicted molar refractivity (Wildman–Crippen MR) is 135 cm³/mol. The van der Waals surface area contributed by atoms with Gasteiger partial charge in [-0.1, -0.05) is 60.7 Å². The van der Waals surface area contributed by atoms with Crippen molar-refractivity contribution in [2.24, 2.45) is 0 Å². The summed E-state index contributed by atoms with van der Waals surface area (Å²) >= 11 is 0. The van der Waals surface area contributed by atoms with Crippen LogP contribution in [0, 0.1) is 0 Å². The van der Waals surface area contributed by atoms with Gasteiger partial charge in [-0.3, -0.25) is 14.2 Å². The molecule has 11 heteroatoms. The second kappa shape index (κ2) is 13.8. The van der Waals surface area contributed by atoms with Gasteiger partial charge in [0.1, 0.15) is 24.9 Å². The molecule has 4 unspecified atom stereocenters. The lowest BCUT2D eigenvalue weighted by Gasteiger charge is -2.46. The average molecular weight is 536 g/mol. The highest BCUT2D eigenvalue weighted by Crippen LogP contribution is 2.44. The van der Waals surface area contributed by atoms with Crippen molar-refractivity contribution in [2.75, 3.05) is 19.9 Å². The van der Waals surface area contributed by atoms with Gasteiger partial charge in [0.25, 0.3) is 0 Å². The maximum atomic E-state index is 12.5. The third kappa shape index (κ3) is 9.03. The quantitative estimate of drug-likeness (QED) is 0.311. The fourth-order valence-corrected chi connectivity index (χ4v) is 5.07. The minimum absolute atomic E-state index is 0.175. The Hall–Kier alpha value is -2.59. The van der Waals surface area contributed by atoms with E-state index in [9.17, 15) is 19.0 Å². The van der Waals surface area contributed by atoms with Crippen LogP contribution in [0.3, 0.4) is 0 Å². The Morgan fingerprint density at radius 2 is 1.46 bits per heavy atom. The summed E-state index contributed by atoms with van der Waals surface area (Å²) in [5.41, 5.74) is 1.78. The highest BCUT2D eigenvalue weighted by Gasteiger charge is 2.50.